The van der Waals surface area contributed by atoms with Gasteiger partial charge in [0, 0.05) is 18.2 Å². The number of sulfonamides is 1. The molecular formula is C27H28N2O7S. The first-order valence-corrected chi connectivity index (χ1v) is 12.9. The van der Waals surface area contributed by atoms with Crippen LogP contribution < -0.4 is 10.0 Å². The molecule has 1 atom stereocenters. The average Bonchev–Trinajstić information content (AvgIpc) is 2.91. The number of rotatable bonds is 10. The molecule has 0 bridgehead atoms. The van der Waals surface area contributed by atoms with Gasteiger partial charge in [-0.25, -0.2) is 22.7 Å². The van der Waals surface area contributed by atoms with E-state index in [4.69, 9.17) is 9.47 Å². The largest absolute Gasteiger partial charge is 0.465 e. The molecule has 1 amide bonds. The molecule has 2 N–H and O–H groups in total. The molecule has 0 saturated heterocycles. The van der Waals surface area contributed by atoms with Crippen LogP contribution in [0.25, 0.3) is 0 Å². The lowest BCUT2D eigenvalue weighted by molar-refractivity contribution is -0.116. The Labute approximate surface area is 215 Å². The third kappa shape index (κ3) is 7.48. The fourth-order valence-electron chi connectivity index (χ4n) is 3.60. The molecule has 3 rings (SSSR count). The van der Waals surface area contributed by atoms with Crippen LogP contribution in [0.1, 0.15) is 51.2 Å². The number of methoxy groups -OCH3 is 2. The van der Waals surface area contributed by atoms with Crippen molar-refractivity contribution < 1.29 is 32.3 Å². The van der Waals surface area contributed by atoms with Gasteiger partial charge in [0.15, 0.2) is 0 Å². The summed E-state index contributed by atoms with van der Waals surface area (Å²) in [6, 6.07) is 19.3. The number of ether oxygens (including phenoxy) is 2. The summed E-state index contributed by atoms with van der Waals surface area (Å²) in [5.41, 5.74) is 2.04. The van der Waals surface area contributed by atoms with Gasteiger partial charge in [0.2, 0.25) is 15.9 Å². The molecule has 0 aliphatic carbocycles. The second kappa shape index (κ2) is 12.3. The minimum absolute atomic E-state index is 0.0887. The van der Waals surface area contributed by atoms with E-state index in [1.807, 2.05) is 30.3 Å². The van der Waals surface area contributed by atoms with Crippen molar-refractivity contribution in [2.24, 2.45) is 0 Å². The van der Waals surface area contributed by atoms with Crippen molar-refractivity contribution in [3.8, 4) is 0 Å². The van der Waals surface area contributed by atoms with Crippen molar-refractivity contribution in [3.63, 3.8) is 0 Å². The van der Waals surface area contributed by atoms with E-state index in [-0.39, 0.29) is 34.0 Å². The summed E-state index contributed by atoms with van der Waals surface area (Å²) >= 11 is 0. The quantitative estimate of drug-likeness (QED) is 0.385. The number of esters is 2. The molecule has 37 heavy (non-hydrogen) atoms. The Hall–Kier alpha value is -4.02. The Balaban J connectivity index is 1.62. The van der Waals surface area contributed by atoms with E-state index in [0.29, 0.717) is 6.42 Å². The molecular weight excluding hydrogens is 496 g/mol. The average molecular weight is 525 g/mol. The second-order valence-corrected chi connectivity index (χ2v) is 9.94. The number of amides is 1. The highest BCUT2D eigenvalue weighted by molar-refractivity contribution is 7.89. The van der Waals surface area contributed by atoms with Crippen molar-refractivity contribution in [3.05, 3.63) is 95.1 Å². The van der Waals surface area contributed by atoms with Crippen molar-refractivity contribution in [1.29, 1.82) is 0 Å². The molecule has 0 aromatic heterocycles. The minimum Gasteiger partial charge on any atom is -0.465 e. The monoisotopic (exact) mass is 524 g/mol. The fourth-order valence-corrected chi connectivity index (χ4v) is 4.83. The summed E-state index contributed by atoms with van der Waals surface area (Å²) in [6.07, 6.45) is 0.436. The van der Waals surface area contributed by atoms with Crippen molar-refractivity contribution >= 4 is 33.6 Å². The highest BCUT2D eigenvalue weighted by Crippen LogP contribution is 2.19. The van der Waals surface area contributed by atoms with E-state index < -0.39 is 28.0 Å². The Morgan fingerprint density at radius 2 is 1.41 bits per heavy atom. The third-order valence-electron chi connectivity index (χ3n) is 5.56. The number of nitrogens with one attached hydrogen (secondary N) is 2. The maximum absolute atomic E-state index is 12.7. The standard InChI is InChI=1S/C27H28N2O7S/c1-18(20-7-5-4-6-8-20)29-37(33,34)24-12-9-19(10-13-24)11-14-25(30)28-23-16-21(26(31)35-2)15-22(17-23)27(32)36-3/h4-10,12-13,15-18,29H,11,14H2,1-3H3,(H,28,30)/t18-/m0/s1. The van der Waals surface area contributed by atoms with Gasteiger partial charge < -0.3 is 14.8 Å². The van der Waals surface area contributed by atoms with Gasteiger partial charge >= 0.3 is 11.9 Å². The minimum atomic E-state index is -3.73. The summed E-state index contributed by atoms with van der Waals surface area (Å²) in [5, 5.41) is 2.66. The predicted octanol–water partition coefficient (Wildman–Crippen LogP) is 3.87. The number of carbonyl (C=O) groups is 3. The van der Waals surface area contributed by atoms with Crippen LogP contribution in [0, 0.1) is 0 Å². The van der Waals surface area contributed by atoms with Gasteiger partial charge in [-0.15, -0.1) is 0 Å². The third-order valence-corrected chi connectivity index (χ3v) is 7.12. The van der Waals surface area contributed by atoms with Crippen LogP contribution in [0.2, 0.25) is 0 Å². The normalized spacial score (nSPS) is 11.9. The van der Waals surface area contributed by atoms with Crippen LogP contribution in [0.4, 0.5) is 5.69 Å². The molecule has 9 nitrogen and oxygen atoms in total. The van der Waals surface area contributed by atoms with Gasteiger partial charge in [-0.1, -0.05) is 42.5 Å². The van der Waals surface area contributed by atoms with Gasteiger partial charge in [-0.2, -0.15) is 0 Å². The first kappa shape index (κ1) is 27.6. The maximum atomic E-state index is 12.7. The number of anilines is 1. The van der Waals surface area contributed by atoms with Crippen LogP contribution >= 0.6 is 0 Å². The topological polar surface area (TPSA) is 128 Å². The number of aryl methyl sites for hydroxylation is 1. The van der Waals surface area contributed by atoms with Crippen LogP contribution in [-0.4, -0.2) is 40.5 Å². The zero-order chi connectivity index (χ0) is 27.0. The molecule has 0 radical (unpaired) electrons. The lowest BCUT2D eigenvalue weighted by Gasteiger charge is -2.15. The van der Waals surface area contributed by atoms with E-state index in [2.05, 4.69) is 10.0 Å². The van der Waals surface area contributed by atoms with Gasteiger partial charge in [-0.3, -0.25) is 4.79 Å². The van der Waals surface area contributed by atoms with Gasteiger partial charge in [-0.05, 0) is 54.8 Å². The molecule has 3 aromatic rings. The Morgan fingerprint density at radius 1 is 0.838 bits per heavy atom. The second-order valence-electron chi connectivity index (χ2n) is 8.23. The molecule has 0 unspecified atom stereocenters. The molecule has 0 saturated carbocycles. The summed E-state index contributed by atoms with van der Waals surface area (Å²) < 4.78 is 37.6. The molecule has 0 fully saturated rings. The summed E-state index contributed by atoms with van der Waals surface area (Å²) in [6.45, 7) is 1.77. The van der Waals surface area contributed by atoms with Crippen molar-refractivity contribution in [2.75, 3.05) is 19.5 Å². The fraction of sp³-hybridized carbons (Fsp3) is 0.222. The summed E-state index contributed by atoms with van der Waals surface area (Å²) in [5.74, 6) is -1.68. The van der Waals surface area contributed by atoms with E-state index in [1.54, 1.807) is 19.1 Å². The van der Waals surface area contributed by atoms with Gasteiger partial charge in [0.25, 0.3) is 0 Å². The van der Waals surface area contributed by atoms with Crippen molar-refractivity contribution in [1.82, 2.24) is 4.72 Å². The van der Waals surface area contributed by atoms with E-state index in [0.717, 1.165) is 11.1 Å². The van der Waals surface area contributed by atoms with Crippen LogP contribution in [0.3, 0.4) is 0 Å². The smallest absolute Gasteiger partial charge is 0.337 e. The van der Waals surface area contributed by atoms with Crippen LogP contribution in [0.15, 0.2) is 77.7 Å². The first-order valence-electron chi connectivity index (χ1n) is 11.4. The lowest BCUT2D eigenvalue weighted by Crippen LogP contribution is -2.26. The molecule has 0 heterocycles. The number of carbonyl (C=O) groups excluding carboxylic acids is 3. The number of benzene rings is 3. The molecule has 194 valence electrons. The molecule has 0 aliphatic heterocycles. The SMILES string of the molecule is COC(=O)c1cc(NC(=O)CCc2ccc(S(=O)(=O)N[C@@H](C)c3ccccc3)cc2)cc(C(=O)OC)c1. The van der Waals surface area contributed by atoms with Crippen LogP contribution in [-0.2, 0) is 30.7 Å². The Kier molecular flexibility index (Phi) is 9.15. The zero-order valence-electron chi connectivity index (χ0n) is 20.7. The maximum Gasteiger partial charge on any atom is 0.337 e. The Bertz CT molecular complexity index is 1340. The highest BCUT2D eigenvalue weighted by atomic mass is 32.2. The van der Waals surface area contributed by atoms with Gasteiger partial charge in [0.1, 0.15) is 0 Å². The number of hydrogen-bond acceptors (Lipinski definition) is 7. The molecule has 3 aromatic carbocycles. The van der Waals surface area contributed by atoms with E-state index >= 15 is 0 Å². The highest BCUT2D eigenvalue weighted by Gasteiger charge is 2.19. The first-order chi connectivity index (χ1) is 17.6. The Morgan fingerprint density at radius 3 is 1.95 bits per heavy atom. The van der Waals surface area contributed by atoms with Crippen molar-refractivity contribution in [2.45, 2.75) is 30.7 Å². The molecule has 0 spiro atoms. The molecule has 0 aliphatic rings. The molecule has 10 heteroatoms. The summed E-state index contributed by atoms with van der Waals surface area (Å²) in [7, 11) is -1.31. The lowest BCUT2D eigenvalue weighted by atomic mass is 10.1. The predicted molar refractivity (Wildman–Crippen MR) is 138 cm³/mol. The van der Waals surface area contributed by atoms with E-state index in [1.165, 1.54) is 44.6 Å². The van der Waals surface area contributed by atoms with Crippen LogP contribution in [0.5, 0.6) is 0 Å². The zero-order valence-corrected chi connectivity index (χ0v) is 21.5. The number of hydrogen-bond donors (Lipinski definition) is 2. The van der Waals surface area contributed by atoms with Gasteiger partial charge in [0.05, 0.1) is 30.2 Å². The summed E-state index contributed by atoms with van der Waals surface area (Å²) in [4.78, 5) is 36.5. The van der Waals surface area contributed by atoms with E-state index in [9.17, 15) is 22.8 Å².